The number of methoxy groups -OCH3 is 1. The van der Waals surface area contributed by atoms with Gasteiger partial charge >= 0.3 is 0 Å². The van der Waals surface area contributed by atoms with Crippen LogP contribution >= 0.6 is 11.3 Å². The van der Waals surface area contributed by atoms with E-state index >= 15 is 0 Å². The van der Waals surface area contributed by atoms with Crippen LogP contribution in [0.5, 0.6) is 5.75 Å². The lowest BCUT2D eigenvalue weighted by molar-refractivity contribution is -0.121. The van der Waals surface area contributed by atoms with Gasteiger partial charge in [0, 0.05) is 17.7 Å². The largest absolute Gasteiger partial charge is 0.497 e. The fraction of sp³-hybridized carbons (Fsp3) is 0.273. The molecule has 1 unspecified atom stereocenters. The zero-order chi connectivity index (χ0) is 20.1. The van der Waals surface area contributed by atoms with Crippen LogP contribution in [0.25, 0.3) is 10.6 Å². The first kappa shape index (κ1) is 19.9. The minimum atomic E-state index is -0.0925. The summed E-state index contributed by atoms with van der Waals surface area (Å²) in [5, 5.41) is 4.02. The molecule has 0 fully saturated rings. The Labute approximate surface area is 169 Å². The van der Waals surface area contributed by atoms with E-state index < -0.39 is 0 Å². The Morgan fingerprint density at radius 1 is 1.21 bits per heavy atom. The lowest BCUT2D eigenvalue weighted by Gasteiger charge is -2.13. The van der Waals surface area contributed by atoms with Gasteiger partial charge in [-0.2, -0.15) is 0 Å². The predicted molar refractivity (Wildman–Crippen MR) is 115 cm³/mol. The molecule has 0 saturated carbocycles. The molecule has 6 heteroatoms. The third kappa shape index (κ3) is 4.70. The molecule has 1 amide bonds. The van der Waals surface area contributed by atoms with Crippen LogP contribution in [0.2, 0.25) is 0 Å². The summed E-state index contributed by atoms with van der Waals surface area (Å²) in [7, 11) is 1.65. The number of anilines is 1. The maximum atomic E-state index is 12.4. The van der Waals surface area contributed by atoms with Crippen molar-refractivity contribution in [2.45, 2.75) is 32.7 Å². The summed E-state index contributed by atoms with van der Waals surface area (Å²) in [4.78, 5) is 18.1. The van der Waals surface area contributed by atoms with E-state index in [2.05, 4.69) is 10.3 Å². The molecule has 2 aromatic carbocycles. The predicted octanol–water partition coefficient (Wildman–Crippen LogP) is 4.52. The number of aromatic nitrogens is 1. The van der Waals surface area contributed by atoms with Gasteiger partial charge in [-0.3, -0.25) is 4.79 Å². The number of benzene rings is 2. The number of rotatable bonds is 7. The lowest BCUT2D eigenvalue weighted by atomic mass is 10.1. The summed E-state index contributed by atoms with van der Waals surface area (Å²) >= 11 is 1.61. The number of nitrogens with two attached hydrogens (primary N) is 1. The van der Waals surface area contributed by atoms with Crippen molar-refractivity contribution in [2.75, 3.05) is 12.8 Å². The number of para-hydroxylation sites is 1. The normalized spacial score (nSPS) is 11.8. The maximum absolute atomic E-state index is 12.4. The van der Waals surface area contributed by atoms with E-state index in [4.69, 9.17) is 10.5 Å². The second kappa shape index (κ2) is 8.89. The van der Waals surface area contributed by atoms with Crippen LogP contribution in [-0.2, 0) is 11.2 Å². The minimum Gasteiger partial charge on any atom is -0.497 e. The Morgan fingerprint density at radius 2 is 1.93 bits per heavy atom. The third-order valence-electron chi connectivity index (χ3n) is 4.62. The topological polar surface area (TPSA) is 77.2 Å². The Morgan fingerprint density at radius 3 is 2.61 bits per heavy atom. The summed E-state index contributed by atoms with van der Waals surface area (Å²) in [5.74, 6) is 0.825. The molecular weight excluding hydrogens is 370 g/mol. The summed E-state index contributed by atoms with van der Waals surface area (Å²) in [6, 6.07) is 15.4. The van der Waals surface area contributed by atoms with Gasteiger partial charge in [-0.1, -0.05) is 18.2 Å². The van der Waals surface area contributed by atoms with E-state index in [1.807, 2.05) is 62.4 Å². The molecule has 3 rings (SSSR count). The van der Waals surface area contributed by atoms with Gasteiger partial charge < -0.3 is 15.8 Å². The molecule has 146 valence electrons. The molecule has 1 aromatic heterocycles. The average molecular weight is 396 g/mol. The van der Waals surface area contributed by atoms with E-state index in [1.54, 1.807) is 18.4 Å². The van der Waals surface area contributed by atoms with Crippen LogP contribution in [-0.4, -0.2) is 18.0 Å². The van der Waals surface area contributed by atoms with Crippen LogP contribution in [0, 0.1) is 6.92 Å². The molecule has 0 aliphatic heterocycles. The van der Waals surface area contributed by atoms with Crippen LogP contribution in [0.15, 0.2) is 48.5 Å². The fourth-order valence-electron chi connectivity index (χ4n) is 3.06. The second-order valence-electron chi connectivity index (χ2n) is 6.69. The zero-order valence-electron chi connectivity index (χ0n) is 16.4. The summed E-state index contributed by atoms with van der Waals surface area (Å²) in [6.07, 6.45) is 1.03. The van der Waals surface area contributed by atoms with Crippen LogP contribution in [0.4, 0.5) is 5.69 Å². The van der Waals surface area contributed by atoms with Crippen LogP contribution in [0.1, 0.15) is 35.5 Å². The van der Waals surface area contributed by atoms with Gasteiger partial charge in [-0.15, -0.1) is 11.3 Å². The molecule has 3 aromatic rings. The van der Waals surface area contributed by atoms with E-state index in [-0.39, 0.29) is 11.9 Å². The SMILES string of the molecule is COc1ccc(-c2nc(C)c(C(C)NC(=O)CCc3ccccc3N)s2)cc1. The van der Waals surface area contributed by atoms with Gasteiger partial charge in [0.05, 0.1) is 23.7 Å². The first-order valence-corrected chi connectivity index (χ1v) is 10.0. The van der Waals surface area contributed by atoms with E-state index in [0.717, 1.165) is 38.1 Å². The molecule has 0 saturated heterocycles. The van der Waals surface area contributed by atoms with Crippen molar-refractivity contribution in [1.29, 1.82) is 0 Å². The number of thiazole rings is 1. The van der Waals surface area contributed by atoms with Gasteiger partial charge in [0.1, 0.15) is 10.8 Å². The molecule has 5 nitrogen and oxygen atoms in total. The second-order valence-corrected chi connectivity index (χ2v) is 7.72. The van der Waals surface area contributed by atoms with Gasteiger partial charge in [0.15, 0.2) is 0 Å². The maximum Gasteiger partial charge on any atom is 0.220 e. The van der Waals surface area contributed by atoms with Crippen LogP contribution < -0.4 is 15.8 Å². The Bertz CT molecular complexity index is 951. The smallest absolute Gasteiger partial charge is 0.220 e. The molecule has 0 aliphatic rings. The number of nitrogen functional groups attached to an aromatic ring is 1. The van der Waals surface area contributed by atoms with E-state index in [1.165, 1.54) is 0 Å². The zero-order valence-corrected chi connectivity index (χ0v) is 17.2. The number of nitrogens with zero attached hydrogens (tertiary/aromatic N) is 1. The number of carbonyl (C=O) groups is 1. The van der Waals surface area contributed by atoms with Crippen molar-refractivity contribution in [3.8, 4) is 16.3 Å². The molecule has 0 aliphatic carbocycles. The highest BCUT2D eigenvalue weighted by molar-refractivity contribution is 7.15. The monoisotopic (exact) mass is 395 g/mol. The number of carbonyl (C=O) groups excluding carboxylic acids is 1. The molecule has 1 atom stereocenters. The Kier molecular flexibility index (Phi) is 6.31. The summed E-state index contributed by atoms with van der Waals surface area (Å²) < 4.78 is 5.21. The van der Waals surface area contributed by atoms with E-state index in [0.29, 0.717) is 12.8 Å². The minimum absolute atomic E-state index is 0.00884. The number of amides is 1. The molecule has 0 radical (unpaired) electrons. The molecular formula is C22H25N3O2S. The molecule has 1 heterocycles. The van der Waals surface area contributed by atoms with Crippen molar-refractivity contribution in [1.82, 2.24) is 10.3 Å². The summed E-state index contributed by atoms with van der Waals surface area (Å²) in [6.45, 7) is 3.97. The third-order valence-corrected chi connectivity index (χ3v) is 6.01. The first-order valence-electron chi connectivity index (χ1n) is 9.22. The van der Waals surface area contributed by atoms with Gasteiger partial charge in [0.25, 0.3) is 0 Å². The molecule has 0 bridgehead atoms. The Hall–Kier alpha value is -2.86. The summed E-state index contributed by atoms with van der Waals surface area (Å²) in [5.41, 5.74) is 9.66. The average Bonchev–Trinajstić information content (AvgIpc) is 3.09. The van der Waals surface area contributed by atoms with E-state index in [9.17, 15) is 4.79 Å². The fourth-order valence-corrected chi connectivity index (χ4v) is 4.13. The van der Waals surface area contributed by atoms with Crippen LogP contribution in [0.3, 0.4) is 0 Å². The van der Waals surface area contributed by atoms with Crippen molar-refractivity contribution in [3.05, 3.63) is 64.7 Å². The highest BCUT2D eigenvalue weighted by atomic mass is 32.1. The number of nitrogens with one attached hydrogen (secondary N) is 1. The lowest BCUT2D eigenvalue weighted by Crippen LogP contribution is -2.26. The van der Waals surface area contributed by atoms with Crippen molar-refractivity contribution in [2.24, 2.45) is 0 Å². The molecule has 3 N–H and O–H groups in total. The quantitative estimate of drug-likeness (QED) is 0.577. The highest BCUT2D eigenvalue weighted by Gasteiger charge is 2.17. The highest BCUT2D eigenvalue weighted by Crippen LogP contribution is 2.32. The van der Waals surface area contributed by atoms with Gasteiger partial charge in [-0.25, -0.2) is 4.98 Å². The first-order chi connectivity index (χ1) is 13.5. The number of ether oxygens (including phenoxy) is 1. The van der Waals surface area contributed by atoms with Crippen molar-refractivity contribution < 1.29 is 9.53 Å². The standard InChI is InChI=1S/C22H25N3O2S/c1-14(24-20(26)13-10-16-6-4-5-7-19(16)23)21-15(2)25-22(28-21)17-8-11-18(27-3)12-9-17/h4-9,11-12,14H,10,13,23H2,1-3H3,(H,24,26). The number of hydrogen-bond acceptors (Lipinski definition) is 5. The Balaban J connectivity index is 1.63. The van der Waals surface area contributed by atoms with Gasteiger partial charge in [-0.05, 0) is 56.2 Å². The molecule has 28 heavy (non-hydrogen) atoms. The van der Waals surface area contributed by atoms with Gasteiger partial charge in [0.2, 0.25) is 5.91 Å². The number of hydrogen-bond donors (Lipinski definition) is 2. The van der Waals surface area contributed by atoms with Crippen molar-refractivity contribution in [3.63, 3.8) is 0 Å². The number of aryl methyl sites for hydroxylation is 2. The van der Waals surface area contributed by atoms with Crippen molar-refractivity contribution >= 4 is 22.9 Å². The molecule has 0 spiro atoms.